The van der Waals surface area contributed by atoms with Crippen molar-refractivity contribution in [2.75, 3.05) is 11.6 Å². The van der Waals surface area contributed by atoms with Gasteiger partial charge in [-0.1, -0.05) is 61.9 Å². The van der Waals surface area contributed by atoms with Crippen molar-refractivity contribution in [3.8, 4) is 11.1 Å². The summed E-state index contributed by atoms with van der Waals surface area (Å²) in [6.45, 7) is 5.22. The fraction of sp³-hybridized carbons (Fsp3) is 0.231. The van der Waals surface area contributed by atoms with Crippen LogP contribution in [0.5, 0.6) is 0 Å². The van der Waals surface area contributed by atoms with Gasteiger partial charge in [0.2, 0.25) is 5.96 Å². The summed E-state index contributed by atoms with van der Waals surface area (Å²) in [7, 11) is 0. The number of hydrazine groups is 1. The number of unbranched alkanes of at least 4 members (excludes halogenated alkanes) is 1. The van der Waals surface area contributed by atoms with Gasteiger partial charge in [0.15, 0.2) is 0 Å². The van der Waals surface area contributed by atoms with Gasteiger partial charge in [-0.3, -0.25) is 5.41 Å². The first kappa shape index (κ1) is 23.0. The van der Waals surface area contributed by atoms with Crippen LogP contribution >= 0.6 is 0 Å². The van der Waals surface area contributed by atoms with Crippen molar-refractivity contribution in [2.24, 2.45) is 5.84 Å². The van der Waals surface area contributed by atoms with Gasteiger partial charge in [0, 0.05) is 13.1 Å². The van der Waals surface area contributed by atoms with Crippen LogP contribution in [0.1, 0.15) is 41.3 Å². The molecule has 0 bridgehead atoms. The Balaban J connectivity index is 1.94. The molecule has 0 aliphatic carbocycles. The molecule has 0 radical (unpaired) electrons. The lowest BCUT2D eigenvalue weighted by Gasteiger charge is -2.31. The molecule has 0 saturated carbocycles. The van der Waals surface area contributed by atoms with Crippen molar-refractivity contribution >= 4 is 17.6 Å². The Labute approximate surface area is 189 Å². The van der Waals surface area contributed by atoms with Crippen molar-refractivity contribution in [1.82, 2.24) is 4.90 Å². The highest BCUT2D eigenvalue weighted by Gasteiger charge is 2.19. The maximum atomic E-state index is 11.9. The third-order valence-corrected chi connectivity index (χ3v) is 5.47. The molecule has 4 N–H and O–H groups in total. The summed E-state index contributed by atoms with van der Waals surface area (Å²) in [6, 6.07) is 22.6. The van der Waals surface area contributed by atoms with Gasteiger partial charge in [-0.25, -0.2) is 15.6 Å². The van der Waals surface area contributed by atoms with E-state index >= 15 is 0 Å². The Morgan fingerprint density at radius 1 is 1.00 bits per heavy atom. The van der Waals surface area contributed by atoms with E-state index in [9.17, 15) is 9.90 Å². The molecule has 0 heterocycles. The molecular formula is C26H30N4O2. The molecule has 0 aromatic heterocycles. The van der Waals surface area contributed by atoms with Crippen molar-refractivity contribution in [3.63, 3.8) is 0 Å². The largest absolute Gasteiger partial charge is 0.478 e. The van der Waals surface area contributed by atoms with Crippen LogP contribution in [0.4, 0.5) is 5.69 Å². The molecule has 0 amide bonds. The minimum Gasteiger partial charge on any atom is -0.478 e. The topological polar surface area (TPSA) is 93.7 Å². The quantitative estimate of drug-likeness (QED) is 0.196. The smallest absolute Gasteiger partial charge is 0.336 e. The number of aromatic carboxylic acids is 1. The fourth-order valence-electron chi connectivity index (χ4n) is 3.67. The zero-order valence-corrected chi connectivity index (χ0v) is 18.6. The first-order chi connectivity index (χ1) is 15.4. The maximum absolute atomic E-state index is 11.9. The van der Waals surface area contributed by atoms with Crippen LogP contribution in [-0.2, 0) is 6.54 Å². The van der Waals surface area contributed by atoms with Crippen LogP contribution in [0.15, 0.2) is 72.8 Å². The molecule has 3 aromatic rings. The summed E-state index contributed by atoms with van der Waals surface area (Å²) in [5.74, 6) is 5.50. The Morgan fingerprint density at radius 3 is 2.34 bits per heavy atom. The van der Waals surface area contributed by atoms with Gasteiger partial charge in [0.05, 0.1) is 11.3 Å². The Bertz CT molecular complexity index is 1080. The summed E-state index contributed by atoms with van der Waals surface area (Å²) >= 11 is 0. The van der Waals surface area contributed by atoms with Crippen LogP contribution in [0, 0.1) is 12.3 Å². The first-order valence-electron chi connectivity index (χ1n) is 10.8. The van der Waals surface area contributed by atoms with Gasteiger partial charge in [-0.15, -0.1) is 0 Å². The van der Waals surface area contributed by atoms with Crippen LogP contribution in [-0.4, -0.2) is 28.5 Å². The number of nitrogens with zero attached hydrogens (tertiary/aromatic N) is 2. The highest BCUT2D eigenvalue weighted by atomic mass is 16.4. The fourth-order valence-corrected chi connectivity index (χ4v) is 3.67. The van der Waals surface area contributed by atoms with Gasteiger partial charge in [0.25, 0.3) is 0 Å². The van der Waals surface area contributed by atoms with Crippen molar-refractivity contribution < 1.29 is 9.90 Å². The average Bonchev–Trinajstić information content (AvgIpc) is 2.81. The Morgan fingerprint density at radius 2 is 1.69 bits per heavy atom. The number of anilines is 1. The molecule has 0 saturated heterocycles. The number of carbonyl (C=O) groups is 1. The Kier molecular flexibility index (Phi) is 7.63. The number of para-hydroxylation sites is 1. The second kappa shape index (κ2) is 10.6. The second-order valence-corrected chi connectivity index (χ2v) is 7.80. The second-order valence-electron chi connectivity index (χ2n) is 7.80. The van der Waals surface area contributed by atoms with Gasteiger partial charge in [-0.05, 0) is 59.9 Å². The minimum absolute atomic E-state index is 0.199. The third-order valence-electron chi connectivity index (χ3n) is 5.47. The number of hydrogen-bond donors (Lipinski definition) is 3. The third kappa shape index (κ3) is 5.34. The number of carboxylic acid groups (broad SMARTS) is 1. The summed E-state index contributed by atoms with van der Waals surface area (Å²) in [4.78, 5) is 13.8. The molecule has 0 aliphatic rings. The first-order valence-corrected chi connectivity index (χ1v) is 10.8. The number of benzene rings is 3. The predicted molar refractivity (Wildman–Crippen MR) is 130 cm³/mol. The highest BCUT2D eigenvalue weighted by molar-refractivity contribution is 5.97. The molecular weight excluding hydrogens is 400 g/mol. The molecule has 3 aromatic carbocycles. The van der Waals surface area contributed by atoms with Crippen LogP contribution in [0.25, 0.3) is 11.1 Å². The molecule has 166 valence electrons. The lowest BCUT2D eigenvalue weighted by Crippen LogP contribution is -2.48. The molecule has 3 rings (SSSR count). The van der Waals surface area contributed by atoms with Crippen LogP contribution < -0.4 is 10.9 Å². The number of guanidine groups is 1. The standard InChI is InChI=1S/C26H30N4O2/c1-3-4-16-29(26(27)30(28)21-11-6-5-7-12-21)18-20-14-15-23(25(31)32)24(17-20)22-13-9-8-10-19(22)2/h5-15,17,27H,3-4,16,18,28H2,1-2H3,(H,31,32). The van der Waals surface area contributed by atoms with E-state index in [1.165, 1.54) is 5.01 Å². The summed E-state index contributed by atoms with van der Waals surface area (Å²) in [5.41, 5.74) is 4.52. The normalized spacial score (nSPS) is 10.6. The molecule has 0 unspecified atom stereocenters. The van der Waals surface area contributed by atoms with E-state index in [-0.39, 0.29) is 11.5 Å². The molecule has 6 heteroatoms. The zero-order valence-electron chi connectivity index (χ0n) is 18.6. The molecule has 6 nitrogen and oxygen atoms in total. The highest BCUT2D eigenvalue weighted by Crippen LogP contribution is 2.29. The molecule has 0 aliphatic heterocycles. The number of aryl methyl sites for hydroxylation is 1. The van der Waals surface area contributed by atoms with E-state index in [1.807, 2.05) is 78.6 Å². The van der Waals surface area contributed by atoms with Crippen molar-refractivity contribution in [3.05, 3.63) is 89.5 Å². The lowest BCUT2D eigenvalue weighted by molar-refractivity contribution is 0.0697. The van der Waals surface area contributed by atoms with E-state index in [2.05, 4.69) is 6.92 Å². The molecule has 0 spiro atoms. The number of nitrogens with one attached hydrogen (secondary N) is 1. The summed E-state index contributed by atoms with van der Waals surface area (Å²) in [5, 5.41) is 19.8. The Hall–Kier alpha value is -3.64. The van der Waals surface area contributed by atoms with Crippen molar-refractivity contribution in [2.45, 2.75) is 33.2 Å². The van der Waals surface area contributed by atoms with Gasteiger partial charge >= 0.3 is 5.97 Å². The number of carboxylic acids is 1. The monoisotopic (exact) mass is 430 g/mol. The summed E-state index contributed by atoms with van der Waals surface area (Å²) < 4.78 is 0. The van der Waals surface area contributed by atoms with Gasteiger partial charge < -0.3 is 10.0 Å². The van der Waals surface area contributed by atoms with Crippen LogP contribution in [0.3, 0.4) is 0 Å². The van der Waals surface area contributed by atoms with E-state index < -0.39 is 5.97 Å². The number of hydrogen-bond acceptors (Lipinski definition) is 3. The van der Waals surface area contributed by atoms with E-state index in [4.69, 9.17) is 11.3 Å². The number of nitrogens with two attached hydrogens (primary N) is 1. The van der Waals surface area contributed by atoms with Gasteiger partial charge in [-0.2, -0.15) is 0 Å². The van der Waals surface area contributed by atoms with Crippen LogP contribution in [0.2, 0.25) is 0 Å². The molecule has 0 atom stereocenters. The lowest BCUT2D eigenvalue weighted by atomic mass is 9.94. The molecule has 32 heavy (non-hydrogen) atoms. The van der Waals surface area contributed by atoms with Gasteiger partial charge in [0.1, 0.15) is 0 Å². The van der Waals surface area contributed by atoms with E-state index in [1.54, 1.807) is 6.07 Å². The zero-order chi connectivity index (χ0) is 23.1. The van der Waals surface area contributed by atoms with E-state index in [0.29, 0.717) is 18.7 Å². The maximum Gasteiger partial charge on any atom is 0.336 e. The van der Waals surface area contributed by atoms with Crippen molar-refractivity contribution in [1.29, 1.82) is 5.41 Å². The average molecular weight is 431 g/mol. The van der Waals surface area contributed by atoms with E-state index in [0.717, 1.165) is 35.2 Å². The minimum atomic E-state index is -0.956. The molecule has 0 fully saturated rings. The summed E-state index contributed by atoms with van der Waals surface area (Å²) in [6.07, 6.45) is 1.91. The SMILES string of the molecule is CCCCN(Cc1ccc(C(=O)O)c(-c2ccccc2C)c1)C(=N)N(N)c1ccccc1. The number of rotatable bonds is 8. The predicted octanol–water partition coefficient (Wildman–Crippen LogP) is 5.28.